The average molecular weight is 430 g/mol. The topological polar surface area (TPSA) is 108 Å². The summed E-state index contributed by atoms with van der Waals surface area (Å²) in [6, 6.07) is 9.95. The lowest BCUT2D eigenvalue weighted by Crippen LogP contribution is -2.17. The van der Waals surface area contributed by atoms with Crippen LogP contribution in [0, 0.1) is 10.1 Å². The Balaban J connectivity index is 1.82. The first-order valence-electron chi connectivity index (χ1n) is 8.35. The van der Waals surface area contributed by atoms with Crippen molar-refractivity contribution < 1.29 is 24.0 Å². The lowest BCUT2D eigenvalue weighted by molar-refractivity contribution is -0.384. The molecule has 148 valence electrons. The number of rotatable bonds is 6. The van der Waals surface area contributed by atoms with Crippen molar-refractivity contribution in [2.75, 3.05) is 6.61 Å². The second-order valence-corrected chi connectivity index (χ2v) is 7.40. The van der Waals surface area contributed by atoms with Crippen LogP contribution in [0.25, 0.3) is 6.08 Å². The van der Waals surface area contributed by atoms with Crippen LogP contribution >= 0.6 is 24.0 Å². The van der Waals surface area contributed by atoms with E-state index in [2.05, 4.69) is 5.32 Å². The van der Waals surface area contributed by atoms with Crippen molar-refractivity contribution in [3.8, 4) is 11.5 Å². The van der Waals surface area contributed by atoms with Crippen molar-refractivity contribution in [2.24, 2.45) is 0 Å². The van der Waals surface area contributed by atoms with Gasteiger partial charge in [0.1, 0.15) is 4.32 Å². The number of ether oxygens (including phenoxy) is 2. The van der Waals surface area contributed by atoms with Crippen LogP contribution in [0.1, 0.15) is 22.8 Å². The van der Waals surface area contributed by atoms with Crippen molar-refractivity contribution >= 4 is 51.9 Å². The van der Waals surface area contributed by atoms with Crippen molar-refractivity contribution in [2.45, 2.75) is 6.92 Å². The fourth-order valence-corrected chi connectivity index (χ4v) is 3.46. The number of benzene rings is 2. The molecule has 0 aromatic heterocycles. The second kappa shape index (κ2) is 8.84. The zero-order valence-corrected chi connectivity index (χ0v) is 16.7. The molecule has 8 nitrogen and oxygen atoms in total. The largest absolute Gasteiger partial charge is 0.490 e. The Morgan fingerprint density at radius 3 is 2.55 bits per heavy atom. The van der Waals surface area contributed by atoms with Crippen LogP contribution in [-0.4, -0.2) is 27.7 Å². The number of thiocarbonyl (C=S) groups is 1. The van der Waals surface area contributed by atoms with Crippen LogP contribution in [0.2, 0.25) is 0 Å². The summed E-state index contributed by atoms with van der Waals surface area (Å²) in [7, 11) is 0. The number of hydrogen-bond donors (Lipinski definition) is 1. The number of nitrogens with one attached hydrogen (secondary N) is 1. The van der Waals surface area contributed by atoms with Crippen LogP contribution in [0.3, 0.4) is 0 Å². The van der Waals surface area contributed by atoms with E-state index in [1.54, 1.807) is 31.2 Å². The van der Waals surface area contributed by atoms with Gasteiger partial charge in [0.2, 0.25) is 0 Å². The summed E-state index contributed by atoms with van der Waals surface area (Å²) in [5.41, 5.74) is 0.713. The van der Waals surface area contributed by atoms with Gasteiger partial charge in [-0.3, -0.25) is 14.9 Å². The van der Waals surface area contributed by atoms with Gasteiger partial charge in [-0.2, -0.15) is 0 Å². The Morgan fingerprint density at radius 2 is 1.97 bits per heavy atom. The quantitative estimate of drug-likeness (QED) is 0.185. The van der Waals surface area contributed by atoms with Gasteiger partial charge in [-0.1, -0.05) is 30.0 Å². The monoisotopic (exact) mass is 430 g/mol. The molecule has 0 aliphatic carbocycles. The number of esters is 1. The smallest absolute Gasteiger partial charge is 0.343 e. The van der Waals surface area contributed by atoms with E-state index in [1.165, 1.54) is 24.3 Å². The highest BCUT2D eigenvalue weighted by Gasteiger charge is 2.22. The molecule has 0 spiro atoms. The Morgan fingerprint density at radius 1 is 1.24 bits per heavy atom. The molecule has 2 aromatic carbocycles. The molecule has 0 bridgehead atoms. The van der Waals surface area contributed by atoms with Gasteiger partial charge in [-0.05, 0) is 42.8 Å². The molecule has 0 saturated carbocycles. The molecular weight excluding hydrogens is 416 g/mol. The number of non-ortho nitro benzene ring substituents is 1. The lowest BCUT2D eigenvalue weighted by Gasteiger charge is -2.11. The minimum Gasteiger partial charge on any atom is -0.490 e. The molecule has 1 heterocycles. The minimum absolute atomic E-state index is 0.123. The van der Waals surface area contributed by atoms with E-state index >= 15 is 0 Å². The van der Waals surface area contributed by atoms with Crippen LogP contribution in [0.5, 0.6) is 11.5 Å². The zero-order valence-electron chi connectivity index (χ0n) is 15.0. The first-order chi connectivity index (χ1) is 13.9. The second-order valence-electron chi connectivity index (χ2n) is 5.68. The third kappa shape index (κ3) is 4.98. The summed E-state index contributed by atoms with van der Waals surface area (Å²) in [6.07, 6.45) is 1.66. The van der Waals surface area contributed by atoms with Gasteiger partial charge in [-0.25, -0.2) is 4.79 Å². The highest BCUT2D eigenvalue weighted by molar-refractivity contribution is 8.26. The molecule has 1 fully saturated rings. The van der Waals surface area contributed by atoms with Crippen LogP contribution in [-0.2, 0) is 4.79 Å². The van der Waals surface area contributed by atoms with Crippen LogP contribution in [0.15, 0.2) is 47.4 Å². The van der Waals surface area contributed by atoms with Crippen molar-refractivity contribution in [1.29, 1.82) is 0 Å². The maximum atomic E-state index is 12.4. The molecule has 0 radical (unpaired) electrons. The maximum Gasteiger partial charge on any atom is 0.343 e. The third-order valence-corrected chi connectivity index (χ3v) is 4.89. The molecule has 10 heteroatoms. The number of hydrogen-bond acceptors (Lipinski definition) is 8. The first-order valence-corrected chi connectivity index (χ1v) is 9.58. The fraction of sp³-hybridized carbons (Fsp3) is 0.105. The summed E-state index contributed by atoms with van der Waals surface area (Å²) in [5.74, 6) is -0.436. The summed E-state index contributed by atoms with van der Waals surface area (Å²) in [6.45, 7) is 2.12. The van der Waals surface area contributed by atoms with E-state index in [0.717, 1.165) is 11.8 Å². The third-order valence-electron chi connectivity index (χ3n) is 3.72. The van der Waals surface area contributed by atoms with E-state index in [4.69, 9.17) is 21.7 Å². The van der Waals surface area contributed by atoms with Gasteiger partial charge in [-0.15, -0.1) is 0 Å². The number of amides is 1. The van der Waals surface area contributed by atoms with E-state index in [-0.39, 0.29) is 22.9 Å². The number of carbonyl (C=O) groups is 2. The van der Waals surface area contributed by atoms with Gasteiger partial charge in [0.05, 0.1) is 22.0 Å². The van der Waals surface area contributed by atoms with E-state index in [1.807, 2.05) is 0 Å². The fourth-order valence-electron chi connectivity index (χ4n) is 2.42. The van der Waals surface area contributed by atoms with E-state index < -0.39 is 10.9 Å². The Labute approximate surface area is 175 Å². The molecule has 1 amide bonds. The molecule has 1 aliphatic heterocycles. The molecule has 1 saturated heterocycles. The molecular formula is C19H14N2O6S2. The number of nitro benzene ring substituents is 1. The first kappa shape index (κ1) is 20.5. The van der Waals surface area contributed by atoms with E-state index in [0.29, 0.717) is 27.1 Å². The molecule has 0 unspecified atom stereocenters. The van der Waals surface area contributed by atoms with Gasteiger partial charge < -0.3 is 14.8 Å². The molecule has 1 N–H and O–H groups in total. The van der Waals surface area contributed by atoms with Gasteiger partial charge >= 0.3 is 5.97 Å². The SMILES string of the molecule is CCOc1cc(/C=C2/SC(=S)NC2=O)ccc1OC(=O)c1ccc([N+](=O)[O-])cc1. The summed E-state index contributed by atoms with van der Waals surface area (Å²) in [4.78, 5) is 34.8. The highest BCUT2D eigenvalue weighted by atomic mass is 32.2. The molecule has 29 heavy (non-hydrogen) atoms. The minimum atomic E-state index is -0.678. The van der Waals surface area contributed by atoms with Crippen LogP contribution < -0.4 is 14.8 Å². The maximum absolute atomic E-state index is 12.4. The highest BCUT2D eigenvalue weighted by Crippen LogP contribution is 2.32. The Hall–Kier alpha value is -3.24. The number of carbonyl (C=O) groups excluding carboxylic acids is 2. The Kier molecular flexibility index (Phi) is 6.25. The van der Waals surface area contributed by atoms with Gasteiger partial charge in [0.15, 0.2) is 11.5 Å². The van der Waals surface area contributed by atoms with Gasteiger partial charge in [0.25, 0.3) is 11.6 Å². The lowest BCUT2D eigenvalue weighted by atomic mass is 10.1. The molecule has 0 atom stereocenters. The summed E-state index contributed by atoms with van der Waals surface area (Å²) in [5, 5.41) is 13.3. The van der Waals surface area contributed by atoms with Gasteiger partial charge in [0, 0.05) is 12.1 Å². The molecule has 2 aromatic rings. The predicted molar refractivity (Wildman–Crippen MR) is 112 cm³/mol. The molecule has 1 aliphatic rings. The van der Waals surface area contributed by atoms with Crippen LogP contribution in [0.4, 0.5) is 5.69 Å². The zero-order chi connectivity index (χ0) is 21.0. The molecule has 3 rings (SSSR count). The van der Waals surface area contributed by atoms with Crippen molar-refractivity contribution in [3.05, 3.63) is 68.6 Å². The van der Waals surface area contributed by atoms with E-state index in [9.17, 15) is 19.7 Å². The normalized spacial score (nSPS) is 14.6. The standard InChI is InChI=1S/C19H14N2O6S2/c1-2-26-15-9-11(10-16-17(22)20-19(28)29-16)3-8-14(15)27-18(23)12-4-6-13(7-5-12)21(24)25/h3-10H,2H2,1H3,(H,20,22,28)/b16-10+. The van der Waals surface area contributed by atoms with Crippen molar-refractivity contribution in [1.82, 2.24) is 5.32 Å². The van der Waals surface area contributed by atoms with Crippen molar-refractivity contribution in [3.63, 3.8) is 0 Å². The summed E-state index contributed by atoms with van der Waals surface area (Å²) >= 11 is 6.13. The Bertz CT molecular complexity index is 1030. The predicted octanol–water partition coefficient (Wildman–Crippen LogP) is 3.70. The number of thioether (sulfide) groups is 1. The summed E-state index contributed by atoms with van der Waals surface area (Å²) < 4.78 is 11.3. The number of nitrogens with zero attached hydrogens (tertiary/aromatic N) is 1. The average Bonchev–Trinajstić information content (AvgIpc) is 3.00. The number of nitro groups is 1.